The number of ether oxygens (including phenoxy) is 1. The van der Waals surface area contributed by atoms with Crippen LogP contribution in [0.15, 0.2) is 0 Å². The quantitative estimate of drug-likeness (QED) is 0.460. The molecule has 0 aromatic rings. The molecule has 39 valence electrons. The van der Waals surface area contributed by atoms with Crippen molar-refractivity contribution >= 4 is 16.9 Å². The van der Waals surface area contributed by atoms with Gasteiger partial charge in [-0.15, -0.1) is 0 Å². The molecule has 1 saturated heterocycles. The molecule has 1 radical (unpaired) electrons. The first-order valence-electron chi connectivity index (χ1n) is 2.01. The van der Waals surface area contributed by atoms with Crippen LogP contribution in [0, 0.1) is 6.61 Å². The molecule has 1 fully saturated rings. The summed E-state index contributed by atoms with van der Waals surface area (Å²) in [7, 11) is 0. The molecule has 7 heavy (non-hydrogen) atoms. The standard InChI is InChI=1S/C4H5O2S/c5-4-3-6-1-2-7-4/h3H,1-2H2. The Morgan fingerprint density at radius 3 is 3.00 bits per heavy atom. The van der Waals surface area contributed by atoms with Crippen LogP contribution in [0.1, 0.15) is 0 Å². The van der Waals surface area contributed by atoms with Crippen LogP contribution in [0.2, 0.25) is 0 Å². The average molecular weight is 117 g/mol. The van der Waals surface area contributed by atoms with E-state index in [2.05, 4.69) is 4.74 Å². The fourth-order valence-electron chi connectivity index (χ4n) is 0.351. The number of hydrogen-bond acceptors (Lipinski definition) is 3. The first kappa shape index (κ1) is 5.12. The van der Waals surface area contributed by atoms with E-state index in [9.17, 15) is 4.79 Å². The molecule has 1 rings (SSSR count). The summed E-state index contributed by atoms with van der Waals surface area (Å²) < 4.78 is 4.69. The summed E-state index contributed by atoms with van der Waals surface area (Å²) in [5.41, 5.74) is 0. The number of rotatable bonds is 0. The van der Waals surface area contributed by atoms with Gasteiger partial charge < -0.3 is 4.74 Å². The smallest absolute Gasteiger partial charge is 0.220 e. The van der Waals surface area contributed by atoms with Crippen LogP contribution >= 0.6 is 11.8 Å². The molecular weight excluding hydrogens is 112 g/mol. The van der Waals surface area contributed by atoms with E-state index < -0.39 is 0 Å². The monoisotopic (exact) mass is 117 g/mol. The van der Waals surface area contributed by atoms with Gasteiger partial charge in [0, 0.05) is 5.75 Å². The zero-order chi connectivity index (χ0) is 5.11. The van der Waals surface area contributed by atoms with Gasteiger partial charge in [-0.05, 0) is 0 Å². The molecule has 0 aromatic carbocycles. The summed E-state index contributed by atoms with van der Waals surface area (Å²) in [4.78, 5) is 10.2. The van der Waals surface area contributed by atoms with Gasteiger partial charge in [0.05, 0.1) is 6.61 Å². The van der Waals surface area contributed by atoms with Gasteiger partial charge in [0.25, 0.3) is 0 Å². The lowest BCUT2D eigenvalue weighted by Gasteiger charge is -2.05. The summed E-state index contributed by atoms with van der Waals surface area (Å²) in [5.74, 6) is 0.801. The minimum Gasteiger partial charge on any atom is -0.365 e. The zero-order valence-corrected chi connectivity index (χ0v) is 4.53. The molecule has 1 aliphatic heterocycles. The van der Waals surface area contributed by atoms with E-state index in [4.69, 9.17) is 0 Å². The molecule has 0 aliphatic carbocycles. The van der Waals surface area contributed by atoms with E-state index in [0.717, 1.165) is 5.75 Å². The van der Waals surface area contributed by atoms with Crippen molar-refractivity contribution < 1.29 is 9.53 Å². The zero-order valence-electron chi connectivity index (χ0n) is 3.72. The van der Waals surface area contributed by atoms with Crippen molar-refractivity contribution in [3.63, 3.8) is 0 Å². The van der Waals surface area contributed by atoms with Gasteiger partial charge in [-0.2, -0.15) is 0 Å². The van der Waals surface area contributed by atoms with Crippen LogP contribution in [-0.2, 0) is 9.53 Å². The van der Waals surface area contributed by atoms with Crippen LogP contribution in [0.3, 0.4) is 0 Å². The van der Waals surface area contributed by atoms with E-state index in [1.54, 1.807) is 0 Å². The SMILES string of the molecule is O=C1[CH]OCCS1. The van der Waals surface area contributed by atoms with Crippen molar-refractivity contribution in [2.75, 3.05) is 12.4 Å². The average Bonchev–Trinajstić information content (AvgIpc) is 1.69. The second-order valence-electron chi connectivity index (χ2n) is 1.16. The summed E-state index contributed by atoms with van der Waals surface area (Å²) in [6, 6.07) is 0. The van der Waals surface area contributed by atoms with Gasteiger partial charge in [-0.1, -0.05) is 11.8 Å². The molecule has 0 spiro atoms. The van der Waals surface area contributed by atoms with Crippen molar-refractivity contribution in [1.82, 2.24) is 0 Å². The van der Waals surface area contributed by atoms with Crippen LogP contribution in [0.4, 0.5) is 0 Å². The predicted octanol–water partition coefficient (Wildman–Crippen LogP) is 0.438. The summed E-state index contributed by atoms with van der Waals surface area (Å²) in [6.45, 7) is 1.94. The highest BCUT2D eigenvalue weighted by atomic mass is 32.2. The Morgan fingerprint density at radius 1 is 1.86 bits per heavy atom. The lowest BCUT2D eigenvalue weighted by molar-refractivity contribution is -0.111. The number of carbonyl (C=O) groups excluding carboxylic acids is 1. The highest BCUT2D eigenvalue weighted by Crippen LogP contribution is 2.09. The van der Waals surface area contributed by atoms with Crippen molar-refractivity contribution in [2.45, 2.75) is 0 Å². The van der Waals surface area contributed by atoms with E-state index in [1.807, 2.05) is 0 Å². The van der Waals surface area contributed by atoms with Crippen LogP contribution < -0.4 is 0 Å². The highest BCUT2D eigenvalue weighted by Gasteiger charge is 2.08. The summed E-state index contributed by atoms with van der Waals surface area (Å²) in [5, 5.41) is 0.0336. The van der Waals surface area contributed by atoms with Crippen LogP contribution in [0.25, 0.3) is 0 Å². The van der Waals surface area contributed by atoms with Crippen molar-refractivity contribution in [2.24, 2.45) is 0 Å². The third-order valence-corrected chi connectivity index (χ3v) is 1.38. The Balaban J connectivity index is 2.25. The summed E-state index contributed by atoms with van der Waals surface area (Å²) >= 11 is 1.30. The number of thioether (sulfide) groups is 1. The topological polar surface area (TPSA) is 26.3 Å². The number of carbonyl (C=O) groups is 1. The van der Waals surface area contributed by atoms with Crippen molar-refractivity contribution in [3.05, 3.63) is 6.61 Å². The normalized spacial score (nSPS) is 22.6. The second-order valence-corrected chi connectivity index (χ2v) is 2.26. The Labute approximate surface area is 46.2 Å². The molecule has 0 amide bonds. The van der Waals surface area contributed by atoms with Gasteiger partial charge in [0.2, 0.25) is 5.12 Å². The molecular formula is C4H5O2S. The maximum absolute atomic E-state index is 10.2. The van der Waals surface area contributed by atoms with Gasteiger partial charge in [0.15, 0.2) is 6.61 Å². The fraction of sp³-hybridized carbons (Fsp3) is 0.500. The second kappa shape index (κ2) is 2.33. The van der Waals surface area contributed by atoms with Gasteiger partial charge in [0.1, 0.15) is 0 Å². The molecule has 0 unspecified atom stereocenters. The van der Waals surface area contributed by atoms with Gasteiger partial charge in [-0.3, -0.25) is 4.79 Å². The Morgan fingerprint density at radius 2 is 2.71 bits per heavy atom. The molecule has 1 aliphatic rings. The predicted molar refractivity (Wildman–Crippen MR) is 27.7 cm³/mol. The minimum absolute atomic E-state index is 0.0336. The van der Waals surface area contributed by atoms with E-state index in [0.29, 0.717) is 6.61 Å². The van der Waals surface area contributed by atoms with Crippen LogP contribution in [-0.4, -0.2) is 17.5 Å². The van der Waals surface area contributed by atoms with E-state index in [-0.39, 0.29) is 5.12 Å². The Kier molecular flexibility index (Phi) is 1.70. The lowest BCUT2D eigenvalue weighted by Crippen LogP contribution is -2.09. The molecule has 1 heterocycles. The van der Waals surface area contributed by atoms with Crippen molar-refractivity contribution in [1.29, 1.82) is 0 Å². The van der Waals surface area contributed by atoms with E-state index in [1.165, 1.54) is 18.4 Å². The molecule has 3 heteroatoms. The number of hydrogen-bond donors (Lipinski definition) is 0. The van der Waals surface area contributed by atoms with E-state index >= 15 is 0 Å². The molecule has 0 atom stereocenters. The van der Waals surface area contributed by atoms with Crippen molar-refractivity contribution in [3.8, 4) is 0 Å². The Bertz CT molecular complexity index is 73.8. The van der Waals surface area contributed by atoms with Crippen LogP contribution in [0.5, 0.6) is 0 Å². The van der Waals surface area contributed by atoms with Gasteiger partial charge in [-0.25, -0.2) is 0 Å². The van der Waals surface area contributed by atoms with Gasteiger partial charge >= 0.3 is 0 Å². The third kappa shape index (κ3) is 1.49. The minimum atomic E-state index is 0.0336. The molecule has 0 bridgehead atoms. The molecule has 0 aromatic heterocycles. The first-order valence-corrected chi connectivity index (χ1v) is 3.00. The maximum atomic E-state index is 10.2. The Hall–Kier alpha value is -0.0200. The summed E-state index contributed by atoms with van der Waals surface area (Å²) in [6.07, 6.45) is 0. The maximum Gasteiger partial charge on any atom is 0.220 e. The first-order chi connectivity index (χ1) is 3.39. The fourth-order valence-corrected chi connectivity index (χ4v) is 0.868. The molecule has 2 nitrogen and oxygen atoms in total. The molecule has 0 saturated carbocycles. The highest BCUT2D eigenvalue weighted by molar-refractivity contribution is 8.14. The largest absolute Gasteiger partial charge is 0.365 e. The third-order valence-electron chi connectivity index (χ3n) is 0.625. The lowest BCUT2D eigenvalue weighted by atomic mass is 10.7. The molecule has 0 N–H and O–H groups in total.